The normalized spacial score (nSPS) is 10.1. The van der Waals surface area contributed by atoms with E-state index in [1.807, 2.05) is 6.07 Å². The molecule has 0 saturated heterocycles. The van der Waals surface area contributed by atoms with Crippen LogP contribution in [0.2, 0.25) is 0 Å². The standard InChI is InChI=1S/C16H24N2O4/c1-13(19)18(9-5-11-21-2)10-8-16(20)17-14-6-4-7-15(12-14)22-3/h4,6-7,12H,5,8-11H2,1-3H3,(H,17,20). The third kappa shape index (κ3) is 6.58. The highest BCUT2D eigenvalue weighted by Crippen LogP contribution is 2.16. The van der Waals surface area contributed by atoms with Crippen LogP contribution in [0.1, 0.15) is 19.8 Å². The van der Waals surface area contributed by atoms with Crippen molar-refractivity contribution in [3.05, 3.63) is 24.3 Å². The maximum Gasteiger partial charge on any atom is 0.226 e. The Morgan fingerprint density at radius 1 is 1.23 bits per heavy atom. The van der Waals surface area contributed by atoms with Crippen LogP contribution in [0.4, 0.5) is 5.69 Å². The molecule has 1 aromatic rings. The van der Waals surface area contributed by atoms with Gasteiger partial charge in [0.1, 0.15) is 5.75 Å². The first-order valence-electron chi connectivity index (χ1n) is 7.25. The van der Waals surface area contributed by atoms with E-state index in [-0.39, 0.29) is 18.2 Å². The minimum absolute atomic E-state index is 0.0368. The number of nitrogens with one attached hydrogen (secondary N) is 1. The van der Waals surface area contributed by atoms with E-state index in [0.717, 1.165) is 6.42 Å². The number of anilines is 1. The smallest absolute Gasteiger partial charge is 0.226 e. The van der Waals surface area contributed by atoms with Crippen molar-refractivity contribution < 1.29 is 19.1 Å². The van der Waals surface area contributed by atoms with Gasteiger partial charge in [-0.3, -0.25) is 9.59 Å². The highest BCUT2D eigenvalue weighted by molar-refractivity contribution is 5.91. The highest BCUT2D eigenvalue weighted by atomic mass is 16.5. The van der Waals surface area contributed by atoms with Gasteiger partial charge in [0.15, 0.2) is 0 Å². The minimum Gasteiger partial charge on any atom is -0.497 e. The van der Waals surface area contributed by atoms with Crippen LogP contribution < -0.4 is 10.1 Å². The lowest BCUT2D eigenvalue weighted by atomic mass is 10.2. The molecular weight excluding hydrogens is 284 g/mol. The van der Waals surface area contributed by atoms with E-state index in [2.05, 4.69) is 5.32 Å². The average molecular weight is 308 g/mol. The number of ether oxygens (including phenoxy) is 2. The van der Waals surface area contributed by atoms with Crippen molar-refractivity contribution in [2.24, 2.45) is 0 Å². The summed E-state index contributed by atoms with van der Waals surface area (Å²) in [5.74, 6) is 0.513. The summed E-state index contributed by atoms with van der Waals surface area (Å²) in [6, 6.07) is 7.16. The monoisotopic (exact) mass is 308 g/mol. The summed E-state index contributed by atoms with van der Waals surface area (Å²) >= 11 is 0. The largest absolute Gasteiger partial charge is 0.497 e. The second-order valence-electron chi connectivity index (χ2n) is 4.88. The van der Waals surface area contributed by atoms with Gasteiger partial charge in [-0.15, -0.1) is 0 Å². The summed E-state index contributed by atoms with van der Waals surface area (Å²) < 4.78 is 10.1. The fourth-order valence-corrected chi connectivity index (χ4v) is 1.99. The maximum atomic E-state index is 12.0. The van der Waals surface area contributed by atoms with Crippen LogP contribution in [0, 0.1) is 0 Å². The van der Waals surface area contributed by atoms with Crippen molar-refractivity contribution in [3.63, 3.8) is 0 Å². The zero-order chi connectivity index (χ0) is 16.4. The van der Waals surface area contributed by atoms with Gasteiger partial charge >= 0.3 is 0 Å². The molecule has 0 aliphatic heterocycles. The predicted molar refractivity (Wildman–Crippen MR) is 85.0 cm³/mol. The number of carbonyl (C=O) groups is 2. The predicted octanol–water partition coefficient (Wildman–Crippen LogP) is 1.91. The van der Waals surface area contributed by atoms with E-state index in [1.165, 1.54) is 6.92 Å². The lowest BCUT2D eigenvalue weighted by Gasteiger charge is -2.20. The molecule has 0 unspecified atom stereocenters. The molecule has 1 aromatic carbocycles. The Balaban J connectivity index is 2.44. The third-order valence-corrected chi connectivity index (χ3v) is 3.18. The first kappa shape index (κ1) is 18.0. The molecule has 22 heavy (non-hydrogen) atoms. The van der Waals surface area contributed by atoms with E-state index >= 15 is 0 Å². The van der Waals surface area contributed by atoms with Crippen LogP contribution in [-0.2, 0) is 14.3 Å². The molecule has 1 N–H and O–H groups in total. The molecule has 6 heteroatoms. The van der Waals surface area contributed by atoms with Gasteiger partial charge in [-0.05, 0) is 18.6 Å². The molecule has 0 aliphatic carbocycles. The zero-order valence-electron chi connectivity index (χ0n) is 13.4. The van der Waals surface area contributed by atoms with Crippen molar-refractivity contribution in [1.82, 2.24) is 4.90 Å². The van der Waals surface area contributed by atoms with Crippen molar-refractivity contribution in [1.29, 1.82) is 0 Å². The Kier molecular flexibility index (Phi) is 7.99. The Labute approximate surface area is 131 Å². The summed E-state index contributed by atoms with van der Waals surface area (Å²) in [4.78, 5) is 25.1. The van der Waals surface area contributed by atoms with Crippen molar-refractivity contribution in [2.75, 3.05) is 39.2 Å². The fourth-order valence-electron chi connectivity index (χ4n) is 1.99. The molecule has 0 fully saturated rings. The SMILES string of the molecule is COCCCN(CCC(=O)Nc1cccc(OC)c1)C(C)=O. The molecule has 0 atom stereocenters. The first-order chi connectivity index (χ1) is 10.6. The summed E-state index contributed by atoms with van der Waals surface area (Å²) in [6.45, 7) is 3.09. The molecular formula is C16H24N2O4. The van der Waals surface area contributed by atoms with Gasteiger partial charge in [-0.2, -0.15) is 0 Å². The lowest BCUT2D eigenvalue weighted by Crippen LogP contribution is -2.33. The van der Waals surface area contributed by atoms with Gasteiger partial charge in [-0.25, -0.2) is 0 Å². The molecule has 0 bridgehead atoms. The van der Waals surface area contributed by atoms with Gasteiger partial charge in [0.2, 0.25) is 11.8 Å². The molecule has 0 saturated carbocycles. The molecule has 0 aromatic heterocycles. The average Bonchev–Trinajstić information content (AvgIpc) is 2.50. The number of nitrogens with zero attached hydrogens (tertiary/aromatic N) is 1. The van der Waals surface area contributed by atoms with Gasteiger partial charge in [-0.1, -0.05) is 6.07 Å². The Morgan fingerprint density at radius 3 is 2.64 bits per heavy atom. The minimum atomic E-state index is -0.133. The molecule has 0 spiro atoms. The summed E-state index contributed by atoms with van der Waals surface area (Å²) in [7, 11) is 3.20. The van der Waals surface area contributed by atoms with Gasteiger partial charge in [0, 0.05) is 51.9 Å². The lowest BCUT2D eigenvalue weighted by molar-refractivity contribution is -0.129. The maximum absolute atomic E-state index is 12.0. The number of methoxy groups -OCH3 is 2. The molecule has 2 amide bonds. The van der Waals surface area contributed by atoms with Crippen LogP contribution in [0.25, 0.3) is 0 Å². The number of amides is 2. The van der Waals surface area contributed by atoms with Gasteiger partial charge < -0.3 is 19.7 Å². The van der Waals surface area contributed by atoms with Crippen LogP contribution in [0.3, 0.4) is 0 Å². The second kappa shape index (κ2) is 9.78. The van der Waals surface area contributed by atoms with Gasteiger partial charge in [0.05, 0.1) is 7.11 Å². The summed E-state index contributed by atoms with van der Waals surface area (Å²) in [6.07, 6.45) is 1.01. The quantitative estimate of drug-likeness (QED) is 0.708. The van der Waals surface area contributed by atoms with E-state index in [4.69, 9.17) is 9.47 Å². The van der Waals surface area contributed by atoms with E-state index < -0.39 is 0 Å². The third-order valence-electron chi connectivity index (χ3n) is 3.18. The second-order valence-corrected chi connectivity index (χ2v) is 4.88. The number of hydrogen-bond donors (Lipinski definition) is 1. The fraction of sp³-hybridized carbons (Fsp3) is 0.500. The Morgan fingerprint density at radius 2 is 2.00 bits per heavy atom. The molecule has 0 aliphatic rings. The van der Waals surface area contributed by atoms with Gasteiger partial charge in [0.25, 0.3) is 0 Å². The van der Waals surface area contributed by atoms with Crippen molar-refractivity contribution in [3.8, 4) is 5.75 Å². The van der Waals surface area contributed by atoms with E-state index in [9.17, 15) is 9.59 Å². The highest BCUT2D eigenvalue weighted by Gasteiger charge is 2.11. The first-order valence-corrected chi connectivity index (χ1v) is 7.25. The van der Waals surface area contributed by atoms with Crippen LogP contribution in [-0.4, -0.2) is 50.6 Å². The molecule has 0 heterocycles. The van der Waals surface area contributed by atoms with E-state index in [1.54, 1.807) is 37.3 Å². The topological polar surface area (TPSA) is 67.9 Å². The number of carbonyl (C=O) groups excluding carboxylic acids is 2. The van der Waals surface area contributed by atoms with Crippen LogP contribution in [0.15, 0.2) is 24.3 Å². The molecule has 1 rings (SSSR count). The number of benzene rings is 1. The van der Waals surface area contributed by atoms with E-state index in [0.29, 0.717) is 31.1 Å². The molecule has 6 nitrogen and oxygen atoms in total. The van der Waals surface area contributed by atoms with Crippen molar-refractivity contribution >= 4 is 17.5 Å². The molecule has 0 radical (unpaired) electrons. The number of hydrogen-bond acceptors (Lipinski definition) is 4. The Hall–Kier alpha value is -2.08. The summed E-state index contributed by atoms with van der Waals surface area (Å²) in [5.41, 5.74) is 0.679. The number of rotatable bonds is 9. The Bertz CT molecular complexity index is 491. The summed E-state index contributed by atoms with van der Waals surface area (Å²) in [5, 5.41) is 2.80. The van der Waals surface area contributed by atoms with Crippen LogP contribution in [0.5, 0.6) is 5.75 Å². The van der Waals surface area contributed by atoms with Crippen LogP contribution >= 0.6 is 0 Å². The molecule has 122 valence electrons. The zero-order valence-corrected chi connectivity index (χ0v) is 13.4. The van der Waals surface area contributed by atoms with Crippen molar-refractivity contribution in [2.45, 2.75) is 19.8 Å².